The first kappa shape index (κ1) is 17.8. The van der Waals surface area contributed by atoms with Crippen LogP contribution in [0, 0.1) is 6.92 Å². The number of carbonyl (C=O) groups excluding carboxylic acids is 1. The van der Waals surface area contributed by atoms with Gasteiger partial charge in [0.25, 0.3) is 5.91 Å². The zero-order valence-corrected chi connectivity index (χ0v) is 15.1. The van der Waals surface area contributed by atoms with E-state index in [0.717, 1.165) is 12.0 Å². The Hall–Kier alpha value is -2.96. The summed E-state index contributed by atoms with van der Waals surface area (Å²) in [4.78, 5) is 35.3. The van der Waals surface area contributed by atoms with Gasteiger partial charge in [-0.1, -0.05) is 24.3 Å². The number of benzene rings is 1. The van der Waals surface area contributed by atoms with E-state index in [1.807, 2.05) is 26.2 Å². The van der Waals surface area contributed by atoms with Gasteiger partial charge in [0.15, 0.2) is 5.54 Å². The molecule has 3 rings (SSSR count). The third-order valence-corrected chi connectivity index (χ3v) is 4.78. The van der Waals surface area contributed by atoms with Gasteiger partial charge < -0.3 is 15.3 Å². The lowest BCUT2D eigenvalue weighted by Gasteiger charge is -2.36. The van der Waals surface area contributed by atoms with Crippen molar-refractivity contribution in [2.75, 3.05) is 19.0 Å². The number of hydrogen-bond donors (Lipinski definition) is 2. The summed E-state index contributed by atoms with van der Waals surface area (Å²) in [6.45, 7) is 1.71. The number of hydrogen-bond acceptors (Lipinski definition) is 5. The summed E-state index contributed by atoms with van der Waals surface area (Å²) in [5.41, 5.74) is 0.955. The molecule has 0 spiro atoms. The number of anilines is 1. The minimum Gasteiger partial charge on any atom is -0.479 e. The Bertz CT molecular complexity index is 866. The van der Waals surface area contributed by atoms with Crippen LogP contribution < -0.4 is 10.2 Å². The van der Waals surface area contributed by atoms with Gasteiger partial charge in [-0.2, -0.15) is 0 Å². The summed E-state index contributed by atoms with van der Waals surface area (Å²) in [7, 11) is 3.62. The predicted octanol–water partition coefficient (Wildman–Crippen LogP) is 1.90. The van der Waals surface area contributed by atoms with Gasteiger partial charge in [-0.05, 0) is 37.3 Å². The molecule has 1 amide bonds. The molecule has 0 radical (unpaired) electrons. The molecule has 1 aromatic heterocycles. The van der Waals surface area contributed by atoms with Crippen LogP contribution in [0.3, 0.4) is 0 Å². The van der Waals surface area contributed by atoms with E-state index in [1.54, 1.807) is 24.0 Å². The zero-order valence-electron chi connectivity index (χ0n) is 15.1. The molecule has 0 saturated carbocycles. The monoisotopic (exact) mass is 354 g/mol. The van der Waals surface area contributed by atoms with Crippen LogP contribution in [0.15, 0.2) is 30.5 Å². The van der Waals surface area contributed by atoms with Gasteiger partial charge >= 0.3 is 5.97 Å². The van der Waals surface area contributed by atoms with E-state index < -0.39 is 17.4 Å². The molecule has 2 N–H and O–H groups in total. The molecule has 0 fully saturated rings. The van der Waals surface area contributed by atoms with Crippen LogP contribution in [0.5, 0.6) is 0 Å². The predicted molar refractivity (Wildman–Crippen MR) is 97.3 cm³/mol. The van der Waals surface area contributed by atoms with Crippen molar-refractivity contribution in [3.63, 3.8) is 0 Å². The summed E-state index contributed by atoms with van der Waals surface area (Å²) >= 11 is 0. The van der Waals surface area contributed by atoms with Crippen LogP contribution in [-0.2, 0) is 16.8 Å². The quantitative estimate of drug-likeness (QED) is 0.871. The van der Waals surface area contributed by atoms with Crippen molar-refractivity contribution < 1.29 is 14.7 Å². The highest BCUT2D eigenvalue weighted by atomic mass is 16.4. The van der Waals surface area contributed by atoms with Gasteiger partial charge in [0.05, 0.1) is 11.3 Å². The van der Waals surface area contributed by atoms with E-state index in [-0.39, 0.29) is 5.56 Å². The van der Waals surface area contributed by atoms with E-state index in [1.165, 1.54) is 6.20 Å². The number of carbonyl (C=O) groups is 2. The minimum absolute atomic E-state index is 0.277. The van der Waals surface area contributed by atoms with Gasteiger partial charge in [0.1, 0.15) is 0 Å². The number of fused-ring (bicyclic) bond motifs is 1. The lowest BCUT2D eigenvalue weighted by Crippen LogP contribution is -2.53. The molecule has 1 atom stereocenters. The largest absolute Gasteiger partial charge is 0.479 e. The summed E-state index contributed by atoms with van der Waals surface area (Å²) in [5, 5.41) is 12.7. The Morgan fingerprint density at radius 1 is 1.27 bits per heavy atom. The molecule has 1 aliphatic rings. The van der Waals surface area contributed by atoms with E-state index in [9.17, 15) is 14.7 Å². The fourth-order valence-electron chi connectivity index (χ4n) is 3.39. The number of carboxylic acid groups (broad SMARTS) is 1. The fourth-order valence-corrected chi connectivity index (χ4v) is 3.39. The molecule has 2 aromatic rings. The van der Waals surface area contributed by atoms with Gasteiger partial charge in [0.2, 0.25) is 5.95 Å². The summed E-state index contributed by atoms with van der Waals surface area (Å²) < 4.78 is 0. The maximum atomic E-state index is 12.9. The smallest absolute Gasteiger partial charge is 0.334 e. The van der Waals surface area contributed by atoms with Gasteiger partial charge in [-0.15, -0.1) is 0 Å². The first-order valence-electron chi connectivity index (χ1n) is 8.50. The second-order valence-corrected chi connectivity index (χ2v) is 6.74. The molecule has 7 heteroatoms. The van der Waals surface area contributed by atoms with Crippen LogP contribution in [0.1, 0.15) is 40.0 Å². The normalized spacial score (nSPS) is 18.7. The summed E-state index contributed by atoms with van der Waals surface area (Å²) in [5.74, 6) is -1.04. The van der Waals surface area contributed by atoms with Crippen molar-refractivity contribution in [2.45, 2.75) is 31.7 Å². The molecule has 7 nitrogen and oxygen atoms in total. The Balaban J connectivity index is 1.98. The number of amides is 1. The number of aryl methyl sites for hydroxylation is 2. The maximum absolute atomic E-state index is 12.9. The summed E-state index contributed by atoms with van der Waals surface area (Å²) in [6.07, 6.45) is 3.29. The molecular formula is C19H22N4O3. The first-order chi connectivity index (χ1) is 12.3. The van der Waals surface area contributed by atoms with Crippen molar-refractivity contribution in [3.05, 3.63) is 52.8 Å². The molecule has 1 unspecified atom stereocenters. The van der Waals surface area contributed by atoms with E-state index in [0.29, 0.717) is 30.0 Å². The average Bonchev–Trinajstić information content (AvgIpc) is 2.61. The second-order valence-electron chi connectivity index (χ2n) is 6.74. The van der Waals surface area contributed by atoms with E-state index >= 15 is 0 Å². The lowest BCUT2D eigenvalue weighted by molar-refractivity contribution is -0.145. The molecule has 0 bridgehead atoms. The van der Waals surface area contributed by atoms with Crippen molar-refractivity contribution in [1.29, 1.82) is 0 Å². The third-order valence-electron chi connectivity index (χ3n) is 4.78. The molecule has 26 heavy (non-hydrogen) atoms. The number of aromatic nitrogens is 2. The van der Waals surface area contributed by atoms with Crippen LogP contribution in [0.25, 0.3) is 0 Å². The summed E-state index contributed by atoms with van der Waals surface area (Å²) in [6, 6.07) is 7.38. The van der Waals surface area contributed by atoms with Crippen molar-refractivity contribution in [1.82, 2.24) is 15.3 Å². The molecule has 0 aliphatic heterocycles. The first-order valence-corrected chi connectivity index (χ1v) is 8.50. The molecule has 1 aromatic carbocycles. The van der Waals surface area contributed by atoms with Gasteiger partial charge in [0, 0.05) is 20.3 Å². The van der Waals surface area contributed by atoms with Crippen molar-refractivity contribution in [2.24, 2.45) is 0 Å². The average molecular weight is 354 g/mol. The molecule has 0 saturated heterocycles. The standard InChI is InChI=1S/C19H22N4O3/c1-12-14(11-20-18(21-12)23(2)3)16(24)22-19(17(25)26)10-6-8-13-7-4-5-9-15(13)19/h4-5,7,9,11H,6,8,10H2,1-3H3,(H,22,24)(H,25,26). The van der Waals surface area contributed by atoms with Crippen molar-refractivity contribution >= 4 is 17.8 Å². The minimum atomic E-state index is -1.43. The molecule has 1 heterocycles. The van der Waals surface area contributed by atoms with E-state index in [4.69, 9.17) is 0 Å². The zero-order chi connectivity index (χ0) is 18.9. The fraction of sp³-hybridized carbons (Fsp3) is 0.368. The Kier molecular flexibility index (Phi) is 4.63. The van der Waals surface area contributed by atoms with Crippen molar-refractivity contribution in [3.8, 4) is 0 Å². The Labute approximate surface area is 152 Å². The number of carboxylic acids is 1. The highest BCUT2D eigenvalue weighted by Crippen LogP contribution is 2.36. The van der Waals surface area contributed by atoms with Crippen LogP contribution >= 0.6 is 0 Å². The van der Waals surface area contributed by atoms with Crippen LogP contribution in [0.4, 0.5) is 5.95 Å². The maximum Gasteiger partial charge on any atom is 0.334 e. The van der Waals surface area contributed by atoms with Crippen LogP contribution in [0.2, 0.25) is 0 Å². The molecular weight excluding hydrogens is 332 g/mol. The SMILES string of the molecule is Cc1nc(N(C)C)ncc1C(=O)NC1(C(=O)O)CCCc2ccccc21. The second kappa shape index (κ2) is 6.74. The number of nitrogens with one attached hydrogen (secondary N) is 1. The number of rotatable bonds is 4. The number of aliphatic carboxylic acids is 1. The Morgan fingerprint density at radius 3 is 2.65 bits per heavy atom. The number of nitrogens with zero attached hydrogens (tertiary/aromatic N) is 3. The topological polar surface area (TPSA) is 95.4 Å². The molecule has 136 valence electrons. The van der Waals surface area contributed by atoms with Gasteiger partial charge in [-0.3, -0.25) is 4.79 Å². The molecule has 1 aliphatic carbocycles. The van der Waals surface area contributed by atoms with E-state index in [2.05, 4.69) is 15.3 Å². The Morgan fingerprint density at radius 2 is 2.00 bits per heavy atom. The highest BCUT2D eigenvalue weighted by Gasteiger charge is 2.45. The van der Waals surface area contributed by atoms with Gasteiger partial charge in [-0.25, -0.2) is 14.8 Å². The lowest BCUT2D eigenvalue weighted by atomic mass is 9.76. The van der Waals surface area contributed by atoms with Crippen LogP contribution in [-0.4, -0.2) is 41.0 Å². The third kappa shape index (κ3) is 3.00. The highest BCUT2D eigenvalue weighted by molar-refractivity contribution is 5.99.